The highest BCUT2D eigenvalue weighted by Gasteiger charge is 2.21. The van der Waals surface area contributed by atoms with Gasteiger partial charge in [0.2, 0.25) is 0 Å². The van der Waals surface area contributed by atoms with Crippen LogP contribution in [-0.4, -0.2) is 67.2 Å². The first-order chi connectivity index (χ1) is 14.5. The minimum atomic E-state index is 0. The zero-order chi connectivity index (χ0) is 21.5. The fraction of sp³-hybridized carbons (Fsp3) is 0.458. The maximum Gasteiger partial charge on any atom is 0.194 e. The molecule has 1 fully saturated rings. The van der Waals surface area contributed by atoms with Crippen LogP contribution in [0.5, 0.6) is 5.75 Å². The Balaban J connectivity index is 0.00000341. The Hall–Kier alpha value is -2.00. The molecule has 0 spiro atoms. The van der Waals surface area contributed by atoms with Crippen LogP contribution >= 0.6 is 24.0 Å². The molecule has 1 saturated heterocycles. The van der Waals surface area contributed by atoms with Gasteiger partial charge in [0, 0.05) is 52.4 Å². The van der Waals surface area contributed by atoms with E-state index in [-0.39, 0.29) is 24.0 Å². The van der Waals surface area contributed by atoms with Crippen LogP contribution in [0, 0.1) is 0 Å². The van der Waals surface area contributed by atoms with E-state index in [1.807, 2.05) is 25.2 Å². The van der Waals surface area contributed by atoms with Crippen LogP contribution in [0.15, 0.2) is 53.5 Å². The average molecular weight is 537 g/mol. The van der Waals surface area contributed by atoms with E-state index in [0.717, 1.165) is 50.9 Å². The average Bonchev–Trinajstić information content (AvgIpc) is 2.76. The minimum absolute atomic E-state index is 0. The van der Waals surface area contributed by atoms with Crippen LogP contribution in [0.1, 0.15) is 25.0 Å². The summed E-state index contributed by atoms with van der Waals surface area (Å²) in [5.41, 5.74) is 3.56. The number of para-hydroxylation sites is 2. The third-order valence-electron chi connectivity index (χ3n) is 5.87. The van der Waals surface area contributed by atoms with Gasteiger partial charge in [-0.15, -0.1) is 24.0 Å². The summed E-state index contributed by atoms with van der Waals surface area (Å²) in [6.45, 7) is 9.58. The summed E-state index contributed by atoms with van der Waals surface area (Å²) in [7, 11) is 4.01. The van der Waals surface area contributed by atoms with Gasteiger partial charge in [0.25, 0.3) is 0 Å². The number of phenols is 1. The SMILES string of the molecule is CN=C(NCc1ccccc1CN(C)C(C)C)N1CCN(c2ccccc2O)CC1.I. The fourth-order valence-corrected chi connectivity index (χ4v) is 3.73. The van der Waals surface area contributed by atoms with Gasteiger partial charge in [0.15, 0.2) is 5.96 Å². The van der Waals surface area contributed by atoms with E-state index in [1.165, 1.54) is 11.1 Å². The van der Waals surface area contributed by atoms with E-state index < -0.39 is 0 Å². The van der Waals surface area contributed by atoms with Crippen molar-refractivity contribution in [2.45, 2.75) is 33.0 Å². The highest BCUT2D eigenvalue weighted by Crippen LogP contribution is 2.27. The van der Waals surface area contributed by atoms with Gasteiger partial charge >= 0.3 is 0 Å². The molecule has 0 aromatic heterocycles. The number of hydrogen-bond donors (Lipinski definition) is 2. The number of phenolic OH excluding ortho intramolecular Hbond substituents is 1. The van der Waals surface area contributed by atoms with E-state index in [2.05, 4.69) is 70.2 Å². The molecular weight excluding hydrogens is 501 g/mol. The number of piperazine rings is 1. The van der Waals surface area contributed by atoms with Crippen LogP contribution < -0.4 is 10.2 Å². The lowest BCUT2D eigenvalue weighted by Crippen LogP contribution is -2.52. The van der Waals surface area contributed by atoms with Crippen molar-refractivity contribution in [3.8, 4) is 5.75 Å². The molecular formula is C24H36IN5O. The van der Waals surface area contributed by atoms with Gasteiger partial charge in [-0.25, -0.2) is 0 Å². The number of aromatic hydroxyl groups is 1. The molecule has 0 saturated carbocycles. The van der Waals surface area contributed by atoms with Crippen LogP contribution in [0.4, 0.5) is 5.69 Å². The van der Waals surface area contributed by atoms with E-state index in [4.69, 9.17) is 0 Å². The van der Waals surface area contributed by atoms with Crippen molar-refractivity contribution in [1.82, 2.24) is 15.1 Å². The second-order valence-corrected chi connectivity index (χ2v) is 8.14. The molecule has 0 radical (unpaired) electrons. The summed E-state index contributed by atoms with van der Waals surface area (Å²) in [5.74, 6) is 1.27. The van der Waals surface area contributed by atoms with E-state index in [9.17, 15) is 5.11 Å². The fourth-order valence-electron chi connectivity index (χ4n) is 3.73. The highest BCUT2D eigenvalue weighted by molar-refractivity contribution is 14.0. The van der Waals surface area contributed by atoms with Gasteiger partial charge in [0.05, 0.1) is 5.69 Å². The standard InChI is InChI=1S/C24H35N5O.HI/c1-19(2)27(4)18-21-10-6-5-9-20(21)17-26-24(25-3)29-15-13-28(14-16-29)22-11-7-8-12-23(22)30;/h5-12,19,30H,13-18H2,1-4H3,(H,25,26);1H. The lowest BCUT2D eigenvalue weighted by Gasteiger charge is -2.38. The number of nitrogens with one attached hydrogen (secondary N) is 1. The maximum absolute atomic E-state index is 10.1. The molecule has 0 amide bonds. The lowest BCUT2D eigenvalue weighted by molar-refractivity contribution is 0.265. The molecule has 2 aromatic rings. The maximum atomic E-state index is 10.1. The number of aliphatic imine (C=N–C) groups is 1. The Bertz CT molecular complexity index is 849. The lowest BCUT2D eigenvalue weighted by atomic mass is 10.1. The van der Waals surface area contributed by atoms with Gasteiger partial charge in [-0.3, -0.25) is 9.89 Å². The Morgan fingerprint density at radius 3 is 2.26 bits per heavy atom. The van der Waals surface area contributed by atoms with Crippen molar-refractivity contribution in [3.05, 3.63) is 59.7 Å². The molecule has 1 aliphatic heterocycles. The Kier molecular flexibility index (Phi) is 9.90. The van der Waals surface area contributed by atoms with Gasteiger partial charge in [-0.1, -0.05) is 36.4 Å². The van der Waals surface area contributed by atoms with Crippen LogP contribution in [0.2, 0.25) is 0 Å². The predicted octanol–water partition coefficient (Wildman–Crippen LogP) is 3.75. The normalized spacial score (nSPS) is 14.7. The number of hydrogen-bond acceptors (Lipinski definition) is 4. The summed E-state index contributed by atoms with van der Waals surface area (Å²) < 4.78 is 0. The molecule has 0 atom stereocenters. The zero-order valence-corrected chi connectivity index (χ0v) is 21.4. The van der Waals surface area contributed by atoms with Gasteiger partial charge in [0.1, 0.15) is 5.75 Å². The number of nitrogens with zero attached hydrogens (tertiary/aromatic N) is 4. The van der Waals surface area contributed by atoms with E-state index >= 15 is 0 Å². The number of halogens is 1. The van der Waals surface area contributed by atoms with Crippen molar-refractivity contribution in [2.75, 3.05) is 45.2 Å². The quantitative estimate of drug-likeness (QED) is 0.334. The van der Waals surface area contributed by atoms with Crippen molar-refractivity contribution >= 4 is 35.6 Å². The number of anilines is 1. The Morgan fingerprint density at radius 1 is 1.03 bits per heavy atom. The van der Waals surface area contributed by atoms with E-state index in [0.29, 0.717) is 11.8 Å². The first kappa shape index (κ1) is 25.3. The summed E-state index contributed by atoms with van der Waals surface area (Å²) in [5, 5.41) is 13.7. The monoisotopic (exact) mass is 537 g/mol. The van der Waals surface area contributed by atoms with Crippen LogP contribution in [-0.2, 0) is 13.1 Å². The Morgan fingerprint density at radius 2 is 1.65 bits per heavy atom. The van der Waals surface area contributed by atoms with Gasteiger partial charge < -0.3 is 20.2 Å². The molecule has 170 valence electrons. The van der Waals surface area contributed by atoms with E-state index in [1.54, 1.807) is 6.07 Å². The van der Waals surface area contributed by atoms with Crippen molar-refractivity contribution in [3.63, 3.8) is 0 Å². The summed E-state index contributed by atoms with van der Waals surface area (Å²) in [4.78, 5) is 11.4. The molecule has 1 heterocycles. The highest BCUT2D eigenvalue weighted by atomic mass is 127. The van der Waals surface area contributed by atoms with Gasteiger partial charge in [-0.2, -0.15) is 0 Å². The Labute approximate surface area is 204 Å². The largest absolute Gasteiger partial charge is 0.506 e. The molecule has 2 N–H and O–H groups in total. The molecule has 7 heteroatoms. The third kappa shape index (κ3) is 6.74. The van der Waals surface area contributed by atoms with Crippen LogP contribution in [0.25, 0.3) is 0 Å². The first-order valence-corrected chi connectivity index (χ1v) is 10.7. The summed E-state index contributed by atoms with van der Waals surface area (Å²) in [6.07, 6.45) is 0. The molecule has 2 aromatic carbocycles. The van der Waals surface area contributed by atoms with Crippen molar-refractivity contribution in [2.24, 2.45) is 4.99 Å². The molecule has 0 bridgehead atoms. The minimum Gasteiger partial charge on any atom is -0.506 e. The van der Waals surface area contributed by atoms with Gasteiger partial charge in [-0.05, 0) is 44.2 Å². The predicted molar refractivity (Wildman–Crippen MR) is 141 cm³/mol. The van der Waals surface area contributed by atoms with Crippen LogP contribution in [0.3, 0.4) is 0 Å². The zero-order valence-electron chi connectivity index (χ0n) is 19.1. The smallest absolute Gasteiger partial charge is 0.194 e. The topological polar surface area (TPSA) is 54.3 Å². The first-order valence-electron chi connectivity index (χ1n) is 10.7. The molecule has 3 rings (SSSR count). The second-order valence-electron chi connectivity index (χ2n) is 8.14. The van der Waals surface area contributed by atoms with Crippen molar-refractivity contribution in [1.29, 1.82) is 0 Å². The molecule has 6 nitrogen and oxygen atoms in total. The number of guanidine groups is 1. The van der Waals surface area contributed by atoms with Crippen molar-refractivity contribution < 1.29 is 5.11 Å². The summed E-state index contributed by atoms with van der Waals surface area (Å²) >= 11 is 0. The second kappa shape index (κ2) is 12.1. The molecule has 31 heavy (non-hydrogen) atoms. The number of benzene rings is 2. The molecule has 0 unspecified atom stereocenters. The molecule has 1 aliphatic rings. The third-order valence-corrected chi connectivity index (χ3v) is 5.87. The summed E-state index contributed by atoms with van der Waals surface area (Å²) in [6, 6.07) is 16.7. The number of rotatable bonds is 6. The molecule has 0 aliphatic carbocycles.